The smallest absolute Gasteiger partial charge is 0.315 e. The third kappa shape index (κ3) is 3.66. The van der Waals surface area contributed by atoms with Gasteiger partial charge >= 0.3 is 5.97 Å². The molecular weight excluding hydrogens is 348 g/mol. The topological polar surface area (TPSA) is 199 Å². The fraction of sp³-hybridized carbons (Fsp3) is 1.00. The molecule has 2 saturated heterocycles. The average Bonchev–Trinajstić information content (AvgIpc) is 2.62. The molecule has 2 aliphatic rings. The number of aliphatic hydroxyl groups is 8. The second kappa shape index (κ2) is 8.04. The molecule has 8 N–H and O–H groups in total. The molecule has 0 aromatic carbocycles. The zero-order valence-corrected chi connectivity index (χ0v) is 13.3. The van der Waals surface area contributed by atoms with Crippen molar-refractivity contribution in [3.63, 3.8) is 0 Å². The molecule has 0 aliphatic carbocycles. The van der Waals surface area contributed by atoms with Crippen LogP contribution in [0.5, 0.6) is 0 Å². The summed E-state index contributed by atoms with van der Waals surface area (Å²) in [7, 11) is 1.02. The van der Waals surface area contributed by atoms with E-state index in [9.17, 15) is 35.7 Å². The molecule has 12 nitrogen and oxygen atoms in total. The van der Waals surface area contributed by atoms with Crippen molar-refractivity contribution in [3.05, 3.63) is 0 Å². The summed E-state index contributed by atoms with van der Waals surface area (Å²) in [5.74, 6) is -2.47. The van der Waals surface area contributed by atoms with E-state index >= 15 is 0 Å². The van der Waals surface area contributed by atoms with Crippen molar-refractivity contribution >= 4 is 0 Å². The van der Waals surface area contributed by atoms with E-state index < -0.39 is 74.3 Å². The van der Waals surface area contributed by atoms with Crippen molar-refractivity contribution in [2.75, 3.05) is 20.3 Å². The second-order valence-electron chi connectivity index (χ2n) is 5.89. The van der Waals surface area contributed by atoms with E-state index in [2.05, 4.69) is 0 Å². The molecule has 2 rings (SSSR count). The normalized spacial score (nSPS) is 51.5. The molecule has 12 heteroatoms. The van der Waals surface area contributed by atoms with Gasteiger partial charge in [0.15, 0.2) is 12.4 Å². The molecular formula is C13H24O12. The molecule has 0 bridgehead atoms. The Hall–Kier alpha value is -0.480. The molecule has 0 spiro atoms. The van der Waals surface area contributed by atoms with E-state index in [1.807, 2.05) is 0 Å². The lowest BCUT2D eigenvalue weighted by Crippen LogP contribution is -2.69. The minimum atomic E-state index is -2.47. The Bertz CT molecular complexity index is 433. The van der Waals surface area contributed by atoms with Gasteiger partial charge in [-0.1, -0.05) is 0 Å². The minimum Gasteiger partial charge on any atom is -0.394 e. The molecule has 2 fully saturated rings. The van der Waals surface area contributed by atoms with Gasteiger partial charge in [-0.3, -0.25) is 4.74 Å². The van der Waals surface area contributed by atoms with Gasteiger partial charge in [0.25, 0.3) is 0 Å². The highest BCUT2D eigenvalue weighted by Crippen LogP contribution is 2.35. The van der Waals surface area contributed by atoms with Crippen LogP contribution >= 0.6 is 0 Å². The molecule has 0 amide bonds. The van der Waals surface area contributed by atoms with Gasteiger partial charge in [-0.2, -0.15) is 0 Å². The van der Waals surface area contributed by atoms with Crippen molar-refractivity contribution in [3.8, 4) is 0 Å². The third-order valence-corrected chi connectivity index (χ3v) is 4.33. The SMILES string of the molecule is COC1(OC2O[C@H](CO)[C@H](O)[C@H](O)[C@H]2O)O[C@H](CO)[C@H](O)[C@H](O)[C@H]1O. The fourth-order valence-corrected chi connectivity index (χ4v) is 2.75. The van der Waals surface area contributed by atoms with Gasteiger partial charge in [0.05, 0.1) is 13.2 Å². The van der Waals surface area contributed by atoms with Crippen molar-refractivity contribution in [1.82, 2.24) is 0 Å². The molecule has 148 valence electrons. The number of methoxy groups -OCH3 is 1. The Balaban J connectivity index is 2.24. The van der Waals surface area contributed by atoms with E-state index in [4.69, 9.17) is 24.1 Å². The lowest BCUT2D eigenvalue weighted by Gasteiger charge is -2.49. The van der Waals surface area contributed by atoms with E-state index in [0.717, 1.165) is 7.11 Å². The number of aliphatic hydroxyl groups excluding tert-OH is 8. The van der Waals surface area contributed by atoms with Crippen molar-refractivity contribution in [2.45, 2.75) is 61.1 Å². The number of hydrogen-bond acceptors (Lipinski definition) is 12. The monoisotopic (exact) mass is 372 g/mol. The molecule has 0 aromatic rings. The third-order valence-electron chi connectivity index (χ3n) is 4.33. The minimum absolute atomic E-state index is 0.713. The van der Waals surface area contributed by atoms with Crippen LogP contribution in [0.2, 0.25) is 0 Å². The van der Waals surface area contributed by atoms with Gasteiger partial charge in [-0.15, -0.1) is 0 Å². The first-order valence-electron chi connectivity index (χ1n) is 7.58. The van der Waals surface area contributed by atoms with Crippen LogP contribution in [0.15, 0.2) is 0 Å². The molecule has 0 radical (unpaired) electrons. The van der Waals surface area contributed by atoms with Gasteiger partial charge in [-0.25, -0.2) is 0 Å². The summed E-state index contributed by atoms with van der Waals surface area (Å²) in [5, 5.41) is 77.7. The van der Waals surface area contributed by atoms with Gasteiger partial charge < -0.3 is 55.1 Å². The standard InChI is InChI=1S/C13H24O12/c1-22-13(11(21)9(19)7(17)5(3-15)24-13)25-12-10(20)8(18)6(16)4(2-14)23-12/h4-12,14-21H,2-3H2,1H3/t4-,5-,6+,7+,8+,9+,10-,11-,12?,13?/m1/s1. The highest BCUT2D eigenvalue weighted by molar-refractivity contribution is 4.95. The van der Waals surface area contributed by atoms with Crippen LogP contribution in [0.1, 0.15) is 0 Å². The highest BCUT2D eigenvalue weighted by Gasteiger charge is 2.58. The Morgan fingerprint density at radius 3 is 1.88 bits per heavy atom. The van der Waals surface area contributed by atoms with Crippen LogP contribution in [0.25, 0.3) is 0 Å². The first kappa shape index (κ1) is 20.8. The molecule has 10 atom stereocenters. The van der Waals surface area contributed by atoms with Gasteiger partial charge in [0.2, 0.25) is 0 Å². The first-order chi connectivity index (χ1) is 11.7. The maximum atomic E-state index is 10.2. The Kier molecular flexibility index (Phi) is 6.70. The van der Waals surface area contributed by atoms with Crippen LogP contribution in [0, 0.1) is 0 Å². The predicted octanol–water partition coefficient (Wildman–Crippen LogP) is -5.42. The second-order valence-corrected chi connectivity index (χ2v) is 5.89. The van der Waals surface area contributed by atoms with Crippen molar-refractivity contribution in [1.29, 1.82) is 0 Å². The Morgan fingerprint density at radius 2 is 1.36 bits per heavy atom. The first-order valence-corrected chi connectivity index (χ1v) is 7.58. The summed E-state index contributed by atoms with van der Waals surface area (Å²) in [6, 6.07) is 0. The van der Waals surface area contributed by atoms with E-state index in [0.29, 0.717) is 0 Å². The number of rotatable bonds is 5. The van der Waals surface area contributed by atoms with Gasteiger partial charge in [-0.05, 0) is 0 Å². The van der Waals surface area contributed by atoms with E-state index in [1.165, 1.54) is 0 Å². The molecule has 25 heavy (non-hydrogen) atoms. The quantitative estimate of drug-likeness (QED) is 0.213. The molecule has 2 heterocycles. The summed E-state index contributed by atoms with van der Waals surface area (Å²) >= 11 is 0. The zero-order chi connectivity index (χ0) is 18.9. The number of hydrogen-bond donors (Lipinski definition) is 8. The zero-order valence-electron chi connectivity index (χ0n) is 13.3. The van der Waals surface area contributed by atoms with Crippen LogP contribution < -0.4 is 0 Å². The summed E-state index contributed by atoms with van der Waals surface area (Å²) in [6.07, 6.45) is -15.1. The molecule has 0 saturated carbocycles. The van der Waals surface area contributed by atoms with Crippen LogP contribution in [0.3, 0.4) is 0 Å². The largest absolute Gasteiger partial charge is 0.394 e. The molecule has 2 aliphatic heterocycles. The predicted molar refractivity (Wildman–Crippen MR) is 74.6 cm³/mol. The summed E-state index contributed by atoms with van der Waals surface area (Å²) in [6.45, 7) is -1.47. The maximum absolute atomic E-state index is 10.2. The highest BCUT2D eigenvalue weighted by atomic mass is 16.9. The van der Waals surface area contributed by atoms with E-state index in [1.54, 1.807) is 0 Å². The Labute approximate surface area is 142 Å². The van der Waals surface area contributed by atoms with Crippen LogP contribution in [-0.2, 0) is 18.9 Å². The van der Waals surface area contributed by atoms with Crippen LogP contribution in [0.4, 0.5) is 0 Å². The lowest BCUT2D eigenvalue weighted by molar-refractivity contribution is -0.494. The van der Waals surface area contributed by atoms with Crippen LogP contribution in [-0.4, -0.2) is 122 Å². The molecule has 0 aromatic heterocycles. The average molecular weight is 372 g/mol. The fourth-order valence-electron chi connectivity index (χ4n) is 2.75. The molecule has 2 unspecified atom stereocenters. The van der Waals surface area contributed by atoms with E-state index in [-0.39, 0.29) is 0 Å². The number of ether oxygens (including phenoxy) is 4. The van der Waals surface area contributed by atoms with Crippen molar-refractivity contribution < 1.29 is 59.8 Å². The summed E-state index contributed by atoms with van der Waals surface area (Å²) in [5.41, 5.74) is 0. The maximum Gasteiger partial charge on any atom is 0.315 e. The lowest BCUT2D eigenvalue weighted by atomic mass is 9.97. The van der Waals surface area contributed by atoms with Gasteiger partial charge in [0, 0.05) is 7.11 Å². The van der Waals surface area contributed by atoms with Gasteiger partial charge in [0.1, 0.15) is 42.7 Å². The Morgan fingerprint density at radius 1 is 0.800 bits per heavy atom. The summed E-state index contributed by atoms with van der Waals surface area (Å²) < 4.78 is 20.5. The van der Waals surface area contributed by atoms with Crippen molar-refractivity contribution in [2.24, 2.45) is 0 Å². The summed E-state index contributed by atoms with van der Waals surface area (Å²) in [4.78, 5) is 0.